The quantitative estimate of drug-likeness (QED) is 0.436. The van der Waals surface area contributed by atoms with Gasteiger partial charge in [0.2, 0.25) is 5.82 Å². The molecule has 2 nitrogen and oxygen atoms in total. The summed E-state index contributed by atoms with van der Waals surface area (Å²) in [4.78, 5) is 0. The number of alkyl halides is 2. The van der Waals surface area contributed by atoms with Crippen molar-refractivity contribution in [3.63, 3.8) is 0 Å². The largest absolute Gasteiger partial charge is 0.491 e. The molecule has 2 aromatic rings. The average molecular weight is 410 g/mol. The normalized spacial score (nSPS) is 15.3. The van der Waals surface area contributed by atoms with Gasteiger partial charge in [0.25, 0.3) is 0 Å². The van der Waals surface area contributed by atoms with Crippen molar-refractivity contribution < 1.29 is 27.0 Å². The number of benzene rings is 2. The van der Waals surface area contributed by atoms with Crippen molar-refractivity contribution in [1.29, 1.82) is 0 Å². The lowest BCUT2D eigenvalue weighted by atomic mass is 9.84. The Morgan fingerprint density at radius 2 is 1.62 bits per heavy atom. The molecular formula is C23H26F4O2. The maximum absolute atomic E-state index is 14.2. The maximum Gasteiger partial charge on any atom is 0.398 e. The van der Waals surface area contributed by atoms with Gasteiger partial charge in [-0.1, -0.05) is 37.5 Å². The molecule has 3 rings (SSSR count). The third-order valence-corrected chi connectivity index (χ3v) is 5.34. The lowest BCUT2D eigenvalue weighted by Crippen LogP contribution is -2.25. The van der Waals surface area contributed by atoms with Crippen molar-refractivity contribution in [1.82, 2.24) is 0 Å². The summed E-state index contributed by atoms with van der Waals surface area (Å²) in [5.74, 6) is -2.01. The molecule has 0 atom stereocenters. The predicted octanol–water partition coefficient (Wildman–Crippen LogP) is 7.02. The minimum absolute atomic E-state index is 0.0629. The smallest absolute Gasteiger partial charge is 0.398 e. The van der Waals surface area contributed by atoms with Crippen molar-refractivity contribution in [3.8, 4) is 11.5 Å². The highest BCUT2D eigenvalue weighted by Crippen LogP contribution is 2.34. The molecule has 1 fully saturated rings. The van der Waals surface area contributed by atoms with E-state index in [2.05, 4.69) is 0 Å². The molecule has 0 heterocycles. The van der Waals surface area contributed by atoms with Gasteiger partial charge in [0.15, 0.2) is 11.6 Å². The van der Waals surface area contributed by atoms with Crippen LogP contribution in [0.2, 0.25) is 0 Å². The number of rotatable bonds is 8. The fraction of sp³-hybridized carbons (Fsp3) is 0.478. The molecule has 1 aliphatic carbocycles. The van der Waals surface area contributed by atoms with Crippen molar-refractivity contribution in [2.24, 2.45) is 0 Å². The fourth-order valence-electron chi connectivity index (χ4n) is 3.78. The van der Waals surface area contributed by atoms with Gasteiger partial charge < -0.3 is 9.47 Å². The summed E-state index contributed by atoms with van der Waals surface area (Å²) >= 11 is 0. The maximum atomic E-state index is 14.2. The van der Waals surface area contributed by atoms with Crippen LogP contribution in [0.1, 0.15) is 62.5 Å². The molecule has 0 unspecified atom stereocenters. The Bertz CT molecular complexity index is 799. The highest BCUT2D eigenvalue weighted by atomic mass is 19.3. The number of aryl methyl sites for hydroxylation is 1. The molecule has 0 spiro atoms. The SMILES string of the molecule is CCOc1ccc(CCC(F)(F)Oc2ccc(C3CCCCC3)cc2)c(F)c1F. The lowest BCUT2D eigenvalue weighted by Gasteiger charge is -2.23. The molecule has 1 aliphatic rings. The van der Waals surface area contributed by atoms with Gasteiger partial charge in [-0.15, -0.1) is 0 Å². The molecule has 29 heavy (non-hydrogen) atoms. The molecule has 0 aromatic heterocycles. The monoisotopic (exact) mass is 410 g/mol. The second-order valence-electron chi connectivity index (χ2n) is 7.43. The molecule has 0 bridgehead atoms. The second-order valence-corrected chi connectivity index (χ2v) is 7.43. The Hall–Kier alpha value is -2.24. The molecule has 6 heteroatoms. The zero-order valence-corrected chi connectivity index (χ0v) is 16.5. The van der Waals surface area contributed by atoms with Crippen LogP contribution < -0.4 is 9.47 Å². The number of hydrogen-bond acceptors (Lipinski definition) is 2. The van der Waals surface area contributed by atoms with Crippen LogP contribution in [-0.2, 0) is 6.42 Å². The van der Waals surface area contributed by atoms with Crippen molar-refractivity contribution >= 4 is 0 Å². The Kier molecular flexibility index (Phi) is 7.04. The Balaban J connectivity index is 1.59. The van der Waals surface area contributed by atoms with Crippen LogP contribution in [-0.4, -0.2) is 12.7 Å². The van der Waals surface area contributed by atoms with Crippen LogP contribution in [0.5, 0.6) is 11.5 Å². The van der Waals surface area contributed by atoms with Crippen LogP contribution >= 0.6 is 0 Å². The summed E-state index contributed by atoms with van der Waals surface area (Å²) in [6.45, 7) is 1.83. The van der Waals surface area contributed by atoms with E-state index in [0.29, 0.717) is 5.92 Å². The van der Waals surface area contributed by atoms with Gasteiger partial charge in [-0.3, -0.25) is 0 Å². The summed E-state index contributed by atoms with van der Waals surface area (Å²) < 4.78 is 66.2. The van der Waals surface area contributed by atoms with Crippen LogP contribution in [0.4, 0.5) is 17.6 Å². The predicted molar refractivity (Wildman–Crippen MR) is 104 cm³/mol. The molecule has 0 aliphatic heterocycles. The zero-order chi connectivity index (χ0) is 20.9. The van der Waals surface area contributed by atoms with E-state index in [9.17, 15) is 17.6 Å². The Morgan fingerprint density at radius 1 is 0.931 bits per heavy atom. The van der Waals surface area contributed by atoms with E-state index in [1.807, 2.05) is 12.1 Å². The zero-order valence-electron chi connectivity index (χ0n) is 16.5. The van der Waals surface area contributed by atoms with Gasteiger partial charge in [-0.25, -0.2) is 4.39 Å². The number of ether oxygens (including phenoxy) is 2. The second kappa shape index (κ2) is 9.51. The first-order valence-corrected chi connectivity index (χ1v) is 10.2. The van der Waals surface area contributed by atoms with E-state index in [4.69, 9.17) is 9.47 Å². The number of hydrogen-bond donors (Lipinski definition) is 0. The molecule has 1 saturated carbocycles. The van der Waals surface area contributed by atoms with Crippen LogP contribution in [0.25, 0.3) is 0 Å². The highest BCUT2D eigenvalue weighted by molar-refractivity contribution is 5.32. The molecule has 158 valence electrons. The van der Waals surface area contributed by atoms with E-state index in [1.54, 1.807) is 19.1 Å². The summed E-state index contributed by atoms with van der Waals surface area (Å²) in [6, 6.07) is 9.29. The molecular weight excluding hydrogens is 384 g/mol. The van der Waals surface area contributed by atoms with Crippen LogP contribution in [0.3, 0.4) is 0 Å². The first-order valence-electron chi connectivity index (χ1n) is 10.2. The van der Waals surface area contributed by atoms with Crippen LogP contribution in [0, 0.1) is 11.6 Å². The van der Waals surface area contributed by atoms with Gasteiger partial charge in [0.1, 0.15) is 5.75 Å². The molecule has 0 amide bonds. The Morgan fingerprint density at radius 3 is 2.28 bits per heavy atom. The third kappa shape index (κ3) is 5.64. The van der Waals surface area contributed by atoms with Gasteiger partial charge in [0, 0.05) is 0 Å². The molecule has 0 radical (unpaired) electrons. The fourth-order valence-corrected chi connectivity index (χ4v) is 3.78. The van der Waals surface area contributed by atoms with Crippen molar-refractivity contribution in [2.75, 3.05) is 6.61 Å². The first kappa shape index (κ1) is 21.5. The van der Waals surface area contributed by atoms with Gasteiger partial charge in [0.05, 0.1) is 13.0 Å². The van der Waals surface area contributed by atoms with Crippen LogP contribution in [0.15, 0.2) is 36.4 Å². The lowest BCUT2D eigenvalue weighted by molar-refractivity contribution is -0.180. The van der Waals surface area contributed by atoms with Gasteiger partial charge in [-0.05, 0) is 61.4 Å². The van der Waals surface area contributed by atoms with Crippen molar-refractivity contribution in [3.05, 3.63) is 59.2 Å². The summed E-state index contributed by atoms with van der Waals surface area (Å²) in [7, 11) is 0. The van der Waals surface area contributed by atoms with Gasteiger partial charge >= 0.3 is 6.11 Å². The minimum Gasteiger partial charge on any atom is -0.491 e. The van der Waals surface area contributed by atoms with E-state index in [1.165, 1.54) is 31.4 Å². The highest BCUT2D eigenvalue weighted by Gasteiger charge is 2.32. The average Bonchev–Trinajstić information content (AvgIpc) is 2.72. The van der Waals surface area contributed by atoms with Crippen molar-refractivity contribution in [2.45, 2.75) is 63.9 Å². The number of halogens is 4. The summed E-state index contributed by atoms with van der Waals surface area (Å²) in [5.41, 5.74) is 1.01. The standard InChI is InChI=1S/C23H26F4O2/c1-2-28-20-13-10-18(21(24)22(20)25)14-15-23(26,27)29-19-11-8-17(9-12-19)16-6-4-3-5-7-16/h8-13,16H,2-7,14-15H2,1H3. The first-order chi connectivity index (χ1) is 13.9. The topological polar surface area (TPSA) is 18.5 Å². The third-order valence-electron chi connectivity index (χ3n) is 5.34. The van der Waals surface area contributed by atoms with E-state index >= 15 is 0 Å². The van der Waals surface area contributed by atoms with E-state index in [-0.39, 0.29) is 30.1 Å². The minimum atomic E-state index is -3.49. The summed E-state index contributed by atoms with van der Waals surface area (Å²) in [6.07, 6.45) is 1.29. The van der Waals surface area contributed by atoms with E-state index in [0.717, 1.165) is 18.4 Å². The molecule has 0 N–H and O–H groups in total. The van der Waals surface area contributed by atoms with E-state index < -0.39 is 24.2 Å². The molecule has 2 aromatic carbocycles. The Labute approximate surface area is 168 Å². The van der Waals surface area contributed by atoms with Gasteiger partial charge in [-0.2, -0.15) is 13.2 Å². The summed E-state index contributed by atoms with van der Waals surface area (Å²) in [5, 5.41) is 0. The molecule has 0 saturated heterocycles.